The average Bonchev–Trinajstić information content (AvgIpc) is 2.74. The average molecular weight is 448 g/mol. The number of primary amides is 1. The number of rotatable bonds is 10. The molecule has 3 N–H and O–H groups in total. The highest BCUT2D eigenvalue weighted by Crippen LogP contribution is 2.25. The van der Waals surface area contributed by atoms with E-state index in [1.54, 1.807) is 60.7 Å². The van der Waals surface area contributed by atoms with Gasteiger partial charge in [0.15, 0.2) is 0 Å². The van der Waals surface area contributed by atoms with Gasteiger partial charge in [-0.3, -0.25) is 14.4 Å². The van der Waals surface area contributed by atoms with E-state index in [0.29, 0.717) is 0 Å². The Kier molecular flexibility index (Phi) is 8.57. The van der Waals surface area contributed by atoms with Gasteiger partial charge in [-0.05, 0) is 29.9 Å². The van der Waals surface area contributed by atoms with Crippen molar-refractivity contribution < 1.29 is 27.6 Å². The van der Waals surface area contributed by atoms with E-state index in [4.69, 9.17) is 5.73 Å². The number of ketones is 1. The summed E-state index contributed by atoms with van der Waals surface area (Å²) >= 11 is 0. The molecular formula is C24H27F3N2O3. The quantitative estimate of drug-likeness (QED) is 0.583. The van der Waals surface area contributed by atoms with Crippen LogP contribution in [0.2, 0.25) is 0 Å². The lowest BCUT2D eigenvalue weighted by Gasteiger charge is -2.28. The van der Waals surface area contributed by atoms with Gasteiger partial charge in [0.1, 0.15) is 0 Å². The molecule has 2 aromatic carbocycles. The summed E-state index contributed by atoms with van der Waals surface area (Å²) in [5.41, 5.74) is 7.11. The van der Waals surface area contributed by atoms with Crippen LogP contribution in [0.1, 0.15) is 25.0 Å². The molecule has 0 saturated heterocycles. The lowest BCUT2D eigenvalue weighted by Crippen LogP contribution is -2.53. The van der Waals surface area contributed by atoms with E-state index in [9.17, 15) is 27.6 Å². The summed E-state index contributed by atoms with van der Waals surface area (Å²) in [4.78, 5) is 37.4. The molecule has 0 aliphatic carbocycles. The molecule has 1 unspecified atom stereocenters. The van der Waals surface area contributed by atoms with Gasteiger partial charge in [0.2, 0.25) is 11.8 Å². The van der Waals surface area contributed by atoms with Gasteiger partial charge in [0.25, 0.3) is 5.78 Å². The maximum absolute atomic E-state index is 13.2. The van der Waals surface area contributed by atoms with Gasteiger partial charge in [-0.25, -0.2) is 0 Å². The first-order valence-electron chi connectivity index (χ1n) is 10.3. The van der Waals surface area contributed by atoms with Crippen molar-refractivity contribution in [1.82, 2.24) is 5.32 Å². The molecule has 0 aliphatic heterocycles. The Hall–Kier alpha value is -3.16. The van der Waals surface area contributed by atoms with Crippen LogP contribution in [-0.2, 0) is 27.2 Å². The Morgan fingerprint density at radius 2 is 1.28 bits per heavy atom. The number of nitrogens with one attached hydrogen (secondary N) is 1. The molecule has 3 atom stereocenters. The SMILES string of the molecule is CC(C)[C@H](NC(=O)[C@@H](Cc1ccccc1)C(Cc1ccccc1)C(N)=O)C(=O)C(F)(F)F. The van der Waals surface area contributed by atoms with Crippen molar-refractivity contribution in [2.45, 2.75) is 38.9 Å². The van der Waals surface area contributed by atoms with E-state index in [-0.39, 0.29) is 12.8 Å². The number of carbonyl (C=O) groups excluding carboxylic acids is 3. The minimum absolute atomic E-state index is 0.0815. The fraction of sp³-hybridized carbons (Fsp3) is 0.375. The van der Waals surface area contributed by atoms with Crippen molar-refractivity contribution in [2.75, 3.05) is 0 Å². The van der Waals surface area contributed by atoms with Crippen LogP contribution < -0.4 is 11.1 Å². The van der Waals surface area contributed by atoms with Crippen LogP contribution in [0.4, 0.5) is 13.2 Å². The molecule has 0 fully saturated rings. The van der Waals surface area contributed by atoms with Crippen LogP contribution in [-0.4, -0.2) is 29.8 Å². The zero-order valence-corrected chi connectivity index (χ0v) is 17.9. The Bertz CT molecular complexity index is 915. The predicted molar refractivity (Wildman–Crippen MR) is 114 cm³/mol. The van der Waals surface area contributed by atoms with Crippen molar-refractivity contribution in [3.63, 3.8) is 0 Å². The first-order valence-corrected chi connectivity index (χ1v) is 10.3. The number of benzene rings is 2. The summed E-state index contributed by atoms with van der Waals surface area (Å²) in [6, 6.07) is 15.9. The van der Waals surface area contributed by atoms with E-state index in [1.807, 2.05) is 0 Å². The second-order valence-corrected chi connectivity index (χ2v) is 8.09. The minimum Gasteiger partial charge on any atom is -0.369 e. The van der Waals surface area contributed by atoms with Crippen molar-refractivity contribution in [3.8, 4) is 0 Å². The zero-order chi connectivity index (χ0) is 23.9. The number of hydrogen-bond acceptors (Lipinski definition) is 3. The highest BCUT2D eigenvalue weighted by atomic mass is 19.4. The Morgan fingerprint density at radius 3 is 1.66 bits per heavy atom. The second-order valence-electron chi connectivity index (χ2n) is 8.09. The summed E-state index contributed by atoms with van der Waals surface area (Å²) in [6.07, 6.45) is -4.87. The minimum atomic E-state index is -5.09. The third-order valence-electron chi connectivity index (χ3n) is 5.31. The molecule has 0 spiro atoms. The van der Waals surface area contributed by atoms with Gasteiger partial charge in [0, 0.05) is 0 Å². The van der Waals surface area contributed by atoms with Crippen LogP contribution in [0.5, 0.6) is 0 Å². The van der Waals surface area contributed by atoms with Crippen molar-refractivity contribution in [2.24, 2.45) is 23.5 Å². The van der Waals surface area contributed by atoms with Gasteiger partial charge in [-0.2, -0.15) is 13.2 Å². The van der Waals surface area contributed by atoms with Crippen LogP contribution in [0, 0.1) is 17.8 Å². The first-order chi connectivity index (χ1) is 15.0. The number of halogens is 3. The molecule has 0 heterocycles. The standard InChI is InChI=1S/C24H27F3N2O3/c1-15(2)20(21(30)24(25,26)27)29-23(32)19(14-17-11-7-4-8-12-17)18(22(28)31)13-16-9-5-3-6-10-16/h3-12,15,18-20H,13-14H2,1-2H3,(H2,28,31)(H,29,32)/t18?,19-,20-/m0/s1. The van der Waals surface area contributed by atoms with Crippen LogP contribution >= 0.6 is 0 Å². The van der Waals surface area contributed by atoms with Gasteiger partial charge in [-0.15, -0.1) is 0 Å². The normalized spacial score (nSPS) is 14.4. The van der Waals surface area contributed by atoms with E-state index in [1.165, 1.54) is 13.8 Å². The fourth-order valence-corrected chi connectivity index (χ4v) is 3.57. The maximum atomic E-state index is 13.2. The van der Waals surface area contributed by atoms with Crippen molar-refractivity contribution in [1.29, 1.82) is 0 Å². The molecule has 8 heteroatoms. The third-order valence-corrected chi connectivity index (χ3v) is 5.31. The molecule has 0 aliphatic rings. The number of alkyl halides is 3. The molecular weight excluding hydrogens is 421 g/mol. The second kappa shape index (κ2) is 10.9. The van der Waals surface area contributed by atoms with E-state index in [2.05, 4.69) is 5.32 Å². The molecule has 172 valence electrons. The van der Waals surface area contributed by atoms with Crippen LogP contribution in [0.15, 0.2) is 60.7 Å². The van der Waals surface area contributed by atoms with Gasteiger partial charge < -0.3 is 11.1 Å². The smallest absolute Gasteiger partial charge is 0.369 e. The predicted octanol–water partition coefficient (Wildman–Crippen LogP) is 3.46. The lowest BCUT2D eigenvalue weighted by molar-refractivity contribution is -0.175. The number of Topliss-reactive ketones (excluding diaryl/α,β-unsaturated/α-hetero) is 1. The Balaban J connectivity index is 2.38. The maximum Gasteiger partial charge on any atom is 0.452 e. The molecule has 0 radical (unpaired) electrons. The zero-order valence-electron chi connectivity index (χ0n) is 17.9. The van der Waals surface area contributed by atoms with Gasteiger partial charge in [-0.1, -0.05) is 74.5 Å². The molecule has 5 nitrogen and oxygen atoms in total. The Morgan fingerprint density at radius 1 is 0.844 bits per heavy atom. The Labute approximate surface area is 185 Å². The fourth-order valence-electron chi connectivity index (χ4n) is 3.57. The van der Waals surface area contributed by atoms with Crippen molar-refractivity contribution in [3.05, 3.63) is 71.8 Å². The van der Waals surface area contributed by atoms with Crippen molar-refractivity contribution >= 4 is 17.6 Å². The summed E-state index contributed by atoms with van der Waals surface area (Å²) in [5.74, 6) is -6.42. The largest absolute Gasteiger partial charge is 0.452 e. The lowest BCUT2D eigenvalue weighted by atomic mass is 9.81. The summed E-state index contributed by atoms with van der Waals surface area (Å²) in [6.45, 7) is 2.83. The summed E-state index contributed by atoms with van der Waals surface area (Å²) in [7, 11) is 0. The van der Waals surface area contributed by atoms with E-state index in [0.717, 1.165) is 11.1 Å². The monoisotopic (exact) mass is 448 g/mol. The molecule has 2 rings (SSSR count). The molecule has 0 aromatic heterocycles. The number of nitrogens with two attached hydrogens (primary N) is 1. The van der Waals surface area contributed by atoms with E-state index >= 15 is 0 Å². The van der Waals surface area contributed by atoms with E-state index < -0.39 is 47.6 Å². The van der Waals surface area contributed by atoms with Crippen LogP contribution in [0.25, 0.3) is 0 Å². The topological polar surface area (TPSA) is 89.3 Å². The van der Waals surface area contributed by atoms with Gasteiger partial charge in [0.05, 0.1) is 17.9 Å². The third kappa shape index (κ3) is 6.93. The molecule has 0 saturated carbocycles. The summed E-state index contributed by atoms with van der Waals surface area (Å²) < 4.78 is 39.2. The molecule has 2 amide bonds. The van der Waals surface area contributed by atoms with Crippen LogP contribution in [0.3, 0.4) is 0 Å². The number of hydrogen-bond donors (Lipinski definition) is 2. The molecule has 2 aromatic rings. The number of amides is 2. The highest BCUT2D eigenvalue weighted by Gasteiger charge is 2.46. The number of carbonyl (C=O) groups is 3. The first kappa shape index (κ1) is 25.1. The molecule has 32 heavy (non-hydrogen) atoms. The molecule has 0 bridgehead atoms. The summed E-state index contributed by atoms with van der Waals surface area (Å²) in [5, 5.41) is 2.25. The van der Waals surface area contributed by atoms with Gasteiger partial charge >= 0.3 is 6.18 Å². The highest BCUT2D eigenvalue weighted by molar-refractivity contribution is 5.94.